The standard InChI is InChI=1S/C17H24N2/c1-13-5-3-4-6-17(13)12-19-14(2)16-9-7-15(11-18)8-10-16/h7-10,13-14,17,19H,3-6,12H2,1-2H3. The molecular formula is C17H24N2. The van der Waals surface area contributed by atoms with Gasteiger partial charge < -0.3 is 5.32 Å². The van der Waals surface area contributed by atoms with Crippen LogP contribution in [0.4, 0.5) is 0 Å². The fourth-order valence-electron chi connectivity index (χ4n) is 2.99. The molecule has 1 saturated carbocycles. The van der Waals surface area contributed by atoms with Crippen LogP contribution in [0, 0.1) is 23.2 Å². The number of nitrogens with one attached hydrogen (secondary N) is 1. The zero-order valence-corrected chi connectivity index (χ0v) is 12.0. The van der Waals surface area contributed by atoms with Crippen LogP contribution in [0.25, 0.3) is 0 Å². The van der Waals surface area contributed by atoms with E-state index in [4.69, 9.17) is 5.26 Å². The minimum Gasteiger partial charge on any atom is -0.310 e. The van der Waals surface area contributed by atoms with Crippen molar-refractivity contribution in [3.05, 3.63) is 35.4 Å². The van der Waals surface area contributed by atoms with Gasteiger partial charge in [-0.05, 0) is 49.4 Å². The van der Waals surface area contributed by atoms with Gasteiger partial charge in [0.2, 0.25) is 0 Å². The first kappa shape index (κ1) is 14.1. The second kappa shape index (κ2) is 6.73. The molecule has 1 aromatic carbocycles. The van der Waals surface area contributed by atoms with Gasteiger partial charge in [-0.15, -0.1) is 0 Å². The topological polar surface area (TPSA) is 35.8 Å². The molecule has 3 atom stereocenters. The van der Waals surface area contributed by atoms with Crippen molar-refractivity contribution in [3.8, 4) is 6.07 Å². The van der Waals surface area contributed by atoms with Crippen molar-refractivity contribution in [1.82, 2.24) is 5.32 Å². The highest BCUT2D eigenvalue weighted by Gasteiger charge is 2.21. The molecule has 2 rings (SSSR count). The molecule has 19 heavy (non-hydrogen) atoms. The van der Waals surface area contributed by atoms with Crippen LogP contribution < -0.4 is 5.32 Å². The molecule has 0 radical (unpaired) electrons. The molecule has 0 saturated heterocycles. The van der Waals surface area contributed by atoms with Crippen LogP contribution in [0.3, 0.4) is 0 Å². The Morgan fingerprint density at radius 2 is 1.95 bits per heavy atom. The summed E-state index contributed by atoms with van der Waals surface area (Å²) >= 11 is 0. The van der Waals surface area contributed by atoms with E-state index in [1.165, 1.54) is 31.2 Å². The van der Waals surface area contributed by atoms with Gasteiger partial charge in [-0.3, -0.25) is 0 Å². The Labute approximate surface area is 116 Å². The van der Waals surface area contributed by atoms with Crippen LogP contribution in [-0.2, 0) is 0 Å². The van der Waals surface area contributed by atoms with Gasteiger partial charge in [0.15, 0.2) is 0 Å². The van der Waals surface area contributed by atoms with Crippen molar-refractivity contribution < 1.29 is 0 Å². The molecule has 1 aliphatic rings. The van der Waals surface area contributed by atoms with Crippen LogP contribution in [0.1, 0.15) is 56.7 Å². The van der Waals surface area contributed by atoms with E-state index in [-0.39, 0.29) is 0 Å². The maximum atomic E-state index is 8.80. The Bertz CT molecular complexity index is 430. The van der Waals surface area contributed by atoms with Gasteiger partial charge in [-0.2, -0.15) is 5.26 Å². The largest absolute Gasteiger partial charge is 0.310 e. The predicted octanol–water partition coefficient (Wildman–Crippen LogP) is 4.04. The average Bonchev–Trinajstić information content (AvgIpc) is 2.46. The fourth-order valence-corrected chi connectivity index (χ4v) is 2.99. The number of rotatable bonds is 4. The van der Waals surface area contributed by atoms with Gasteiger partial charge >= 0.3 is 0 Å². The molecule has 0 bridgehead atoms. The van der Waals surface area contributed by atoms with Crippen molar-refractivity contribution in [3.63, 3.8) is 0 Å². The van der Waals surface area contributed by atoms with Crippen LogP contribution in [0.5, 0.6) is 0 Å². The van der Waals surface area contributed by atoms with Crippen LogP contribution in [0.15, 0.2) is 24.3 Å². The summed E-state index contributed by atoms with van der Waals surface area (Å²) in [6.45, 7) is 5.70. The lowest BCUT2D eigenvalue weighted by Crippen LogP contribution is -2.31. The maximum Gasteiger partial charge on any atom is 0.0991 e. The predicted molar refractivity (Wildman–Crippen MR) is 78.7 cm³/mol. The second-order valence-corrected chi connectivity index (χ2v) is 5.89. The third kappa shape index (κ3) is 3.81. The van der Waals surface area contributed by atoms with Crippen molar-refractivity contribution in [2.24, 2.45) is 11.8 Å². The number of benzene rings is 1. The Kier molecular flexibility index (Phi) is 4.99. The zero-order chi connectivity index (χ0) is 13.7. The first-order valence-corrected chi connectivity index (χ1v) is 7.44. The van der Waals surface area contributed by atoms with Gasteiger partial charge in [0.1, 0.15) is 0 Å². The summed E-state index contributed by atoms with van der Waals surface area (Å²) in [7, 11) is 0. The van der Waals surface area contributed by atoms with Crippen molar-refractivity contribution in [2.75, 3.05) is 6.54 Å². The van der Waals surface area contributed by atoms with Gasteiger partial charge in [-0.25, -0.2) is 0 Å². The third-order valence-corrected chi connectivity index (χ3v) is 4.52. The molecule has 2 nitrogen and oxygen atoms in total. The number of hydrogen-bond acceptors (Lipinski definition) is 2. The molecule has 102 valence electrons. The lowest BCUT2D eigenvalue weighted by molar-refractivity contribution is 0.242. The van der Waals surface area contributed by atoms with E-state index in [1.807, 2.05) is 12.1 Å². The minimum atomic E-state index is 0.363. The van der Waals surface area contributed by atoms with Gasteiger partial charge in [0, 0.05) is 6.04 Å². The summed E-state index contributed by atoms with van der Waals surface area (Å²) in [6, 6.07) is 10.4. The fraction of sp³-hybridized carbons (Fsp3) is 0.588. The zero-order valence-electron chi connectivity index (χ0n) is 12.0. The molecule has 1 N–H and O–H groups in total. The number of nitrogens with zero attached hydrogens (tertiary/aromatic N) is 1. The van der Waals surface area contributed by atoms with Crippen LogP contribution in [0.2, 0.25) is 0 Å². The van der Waals surface area contributed by atoms with E-state index >= 15 is 0 Å². The summed E-state index contributed by atoms with van der Waals surface area (Å²) in [6.07, 6.45) is 5.55. The lowest BCUT2D eigenvalue weighted by atomic mass is 9.80. The van der Waals surface area contributed by atoms with E-state index in [0.29, 0.717) is 6.04 Å². The first-order valence-electron chi connectivity index (χ1n) is 7.44. The third-order valence-electron chi connectivity index (χ3n) is 4.52. The normalized spacial score (nSPS) is 24.7. The summed E-state index contributed by atoms with van der Waals surface area (Å²) in [5.41, 5.74) is 2.00. The highest BCUT2D eigenvalue weighted by atomic mass is 14.9. The molecule has 1 fully saturated rings. The maximum absolute atomic E-state index is 8.80. The molecular weight excluding hydrogens is 232 g/mol. The van der Waals surface area contributed by atoms with E-state index in [1.54, 1.807) is 0 Å². The first-order chi connectivity index (χ1) is 9.20. The number of hydrogen-bond donors (Lipinski definition) is 1. The Morgan fingerprint density at radius 3 is 2.58 bits per heavy atom. The SMILES string of the molecule is CC(NCC1CCCCC1C)c1ccc(C#N)cc1. The van der Waals surface area contributed by atoms with E-state index in [2.05, 4.69) is 37.4 Å². The van der Waals surface area contributed by atoms with Gasteiger partial charge in [0.25, 0.3) is 0 Å². The lowest BCUT2D eigenvalue weighted by Gasteiger charge is -2.30. The molecule has 0 spiro atoms. The van der Waals surface area contributed by atoms with E-state index in [0.717, 1.165) is 23.9 Å². The van der Waals surface area contributed by atoms with Crippen LogP contribution in [-0.4, -0.2) is 6.54 Å². The van der Waals surface area contributed by atoms with Crippen LogP contribution >= 0.6 is 0 Å². The number of nitriles is 1. The van der Waals surface area contributed by atoms with Gasteiger partial charge in [-0.1, -0.05) is 38.3 Å². The molecule has 0 aliphatic heterocycles. The second-order valence-electron chi connectivity index (χ2n) is 5.89. The Balaban J connectivity index is 1.86. The summed E-state index contributed by atoms with van der Waals surface area (Å²) in [5, 5.41) is 12.5. The molecule has 3 unspecified atom stereocenters. The Hall–Kier alpha value is -1.33. The summed E-state index contributed by atoms with van der Waals surface area (Å²) in [5.74, 6) is 1.68. The quantitative estimate of drug-likeness (QED) is 0.882. The molecule has 0 heterocycles. The van der Waals surface area contributed by atoms with E-state index < -0.39 is 0 Å². The van der Waals surface area contributed by atoms with Gasteiger partial charge in [0.05, 0.1) is 11.6 Å². The molecule has 1 aliphatic carbocycles. The summed E-state index contributed by atoms with van der Waals surface area (Å²) < 4.78 is 0. The monoisotopic (exact) mass is 256 g/mol. The van der Waals surface area contributed by atoms with E-state index in [9.17, 15) is 0 Å². The summed E-state index contributed by atoms with van der Waals surface area (Å²) in [4.78, 5) is 0. The average molecular weight is 256 g/mol. The molecule has 1 aromatic rings. The highest BCUT2D eigenvalue weighted by molar-refractivity contribution is 5.32. The minimum absolute atomic E-state index is 0.363. The van der Waals surface area contributed by atoms with Crippen molar-refractivity contribution in [2.45, 2.75) is 45.6 Å². The smallest absolute Gasteiger partial charge is 0.0991 e. The molecule has 0 amide bonds. The highest BCUT2D eigenvalue weighted by Crippen LogP contribution is 2.29. The Morgan fingerprint density at radius 1 is 1.26 bits per heavy atom. The molecule has 2 heteroatoms. The molecule has 0 aromatic heterocycles. The van der Waals surface area contributed by atoms with Crippen molar-refractivity contribution >= 4 is 0 Å². The van der Waals surface area contributed by atoms with Crippen molar-refractivity contribution in [1.29, 1.82) is 5.26 Å².